The zero-order valence-corrected chi connectivity index (χ0v) is 10.9. The van der Waals surface area contributed by atoms with Crippen molar-refractivity contribution in [2.75, 3.05) is 6.54 Å². The first-order chi connectivity index (χ1) is 8.34. The number of imide groups is 1. The van der Waals surface area contributed by atoms with Crippen LogP contribution in [-0.2, 0) is 4.79 Å². The van der Waals surface area contributed by atoms with Crippen LogP contribution in [0.4, 0.5) is 4.79 Å². The van der Waals surface area contributed by atoms with E-state index >= 15 is 0 Å². The molecule has 1 heterocycles. The fourth-order valence-electron chi connectivity index (χ4n) is 3.11. The molecule has 5 nitrogen and oxygen atoms in total. The molecule has 5 heteroatoms. The molecule has 100 valence electrons. The SMILES string of the molecule is CC(C)(O)CN1C(=O)NC(C2CC2)(C2CC2)C1=O. The summed E-state index contributed by atoms with van der Waals surface area (Å²) in [5, 5.41) is 12.8. The van der Waals surface area contributed by atoms with E-state index in [9.17, 15) is 14.7 Å². The quantitative estimate of drug-likeness (QED) is 0.729. The number of carbonyl (C=O) groups excluding carboxylic acids is 2. The highest BCUT2D eigenvalue weighted by molar-refractivity contribution is 6.08. The smallest absolute Gasteiger partial charge is 0.325 e. The van der Waals surface area contributed by atoms with Crippen molar-refractivity contribution in [1.82, 2.24) is 10.2 Å². The van der Waals surface area contributed by atoms with Crippen LogP contribution in [0.3, 0.4) is 0 Å². The fraction of sp³-hybridized carbons (Fsp3) is 0.846. The third-order valence-electron chi connectivity index (χ3n) is 4.15. The molecule has 2 aliphatic carbocycles. The standard InChI is InChI=1S/C13H20N2O3/c1-12(2,18)7-15-10(16)13(8-3-4-8,9-5-6-9)14-11(15)17/h8-9,18H,3-7H2,1-2H3,(H,14,17). The second kappa shape index (κ2) is 3.47. The third-order valence-corrected chi connectivity index (χ3v) is 4.15. The molecule has 1 aliphatic heterocycles. The van der Waals surface area contributed by atoms with Crippen molar-refractivity contribution in [1.29, 1.82) is 0 Å². The first kappa shape index (κ1) is 12.0. The Labute approximate surface area is 107 Å². The molecular weight excluding hydrogens is 232 g/mol. The van der Waals surface area contributed by atoms with Gasteiger partial charge in [0, 0.05) is 0 Å². The van der Waals surface area contributed by atoms with Crippen LogP contribution in [0.15, 0.2) is 0 Å². The number of carbonyl (C=O) groups is 2. The topological polar surface area (TPSA) is 69.6 Å². The summed E-state index contributed by atoms with van der Waals surface area (Å²) in [4.78, 5) is 25.8. The van der Waals surface area contributed by atoms with E-state index in [-0.39, 0.29) is 18.5 Å². The van der Waals surface area contributed by atoms with Crippen LogP contribution in [0.25, 0.3) is 0 Å². The highest BCUT2D eigenvalue weighted by atomic mass is 16.3. The lowest BCUT2D eigenvalue weighted by atomic mass is 9.87. The van der Waals surface area contributed by atoms with Gasteiger partial charge in [-0.25, -0.2) is 4.79 Å². The summed E-state index contributed by atoms with van der Waals surface area (Å²) in [6.45, 7) is 3.29. The number of nitrogens with zero attached hydrogens (tertiary/aromatic N) is 1. The number of amides is 3. The van der Waals surface area contributed by atoms with Gasteiger partial charge in [-0.3, -0.25) is 9.69 Å². The van der Waals surface area contributed by atoms with Crippen molar-refractivity contribution < 1.29 is 14.7 Å². The van der Waals surface area contributed by atoms with E-state index < -0.39 is 11.1 Å². The van der Waals surface area contributed by atoms with E-state index in [4.69, 9.17) is 0 Å². The first-order valence-corrected chi connectivity index (χ1v) is 6.71. The number of hydrogen-bond acceptors (Lipinski definition) is 3. The Bertz CT molecular complexity index is 393. The van der Waals surface area contributed by atoms with Crippen molar-refractivity contribution in [3.8, 4) is 0 Å². The number of urea groups is 1. The Hall–Kier alpha value is -1.10. The van der Waals surface area contributed by atoms with Crippen LogP contribution in [0, 0.1) is 11.8 Å². The summed E-state index contributed by atoms with van der Waals surface area (Å²) >= 11 is 0. The molecule has 3 fully saturated rings. The fourth-order valence-corrected chi connectivity index (χ4v) is 3.11. The van der Waals surface area contributed by atoms with Crippen molar-refractivity contribution in [3.05, 3.63) is 0 Å². The average Bonchev–Trinajstić information content (AvgIpc) is 3.13. The predicted octanol–water partition coefficient (Wildman–Crippen LogP) is 0.868. The Morgan fingerprint density at radius 2 is 1.78 bits per heavy atom. The van der Waals surface area contributed by atoms with Gasteiger partial charge >= 0.3 is 6.03 Å². The van der Waals surface area contributed by atoms with Crippen LogP contribution in [-0.4, -0.2) is 39.6 Å². The minimum atomic E-state index is -1.05. The van der Waals surface area contributed by atoms with Crippen molar-refractivity contribution in [2.45, 2.75) is 50.7 Å². The number of aliphatic hydroxyl groups is 1. The molecule has 0 atom stereocenters. The van der Waals surface area contributed by atoms with E-state index in [0.717, 1.165) is 25.7 Å². The van der Waals surface area contributed by atoms with Gasteiger partial charge in [0.2, 0.25) is 0 Å². The Morgan fingerprint density at radius 1 is 1.28 bits per heavy atom. The molecule has 3 amide bonds. The van der Waals surface area contributed by atoms with Gasteiger partial charge in [0.15, 0.2) is 0 Å². The van der Waals surface area contributed by atoms with E-state index in [1.165, 1.54) is 4.90 Å². The number of rotatable bonds is 4. The van der Waals surface area contributed by atoms with Gasteiger partial charge in [-0.05, 0) is 51.4 Å². The van der Waals surface area contributed by atoms with Gasteiger partial charge in [-0.1, -0.05) is 0 Å². The minimum Gasteiger partial charge on any atom is -0.389 e. The summed E-state index contributed by atoms with van der Waals surface area (Å²) in [6, 6.07) is -0.332. The molecule has 0 radical (unpaired) electrons. The average molecular weight is 252 g/mol. The zero-order valence-electron chi connectivity index (χ0n) is 10.9. The lowest BCUT2D eigenvalue weighted by molar-refractivity contribution is -0.134. The maximum absolute atomic E-state index is 12.6. The molecule has 2 N–H and O–H groups in total. The van der Waals surface area contributed by atoms with Crippen LogP contribution in [0.1, 0.15) is 39.5 Å². The highest BCUT2D eigenvalue weighted by Crippen LogP contribution is 2.54. The van der Waals surface area contributed by atoms with E-state index in [2.05, 4.69) is 5.32 Å². The maximum Gasteiger partial charge on any atom is 0.325 e. The van der Waals surface area contributed by atoms with Crippen molar-refractivity contribution in [2.24, 2.45) is 11.8 Å². The van der Waals surface area contributed by atoms with Gasteiger partial charge in [0.1, 0.15) is 5.54 Å². The van der Waals surface area contributed by atoms with E-state index in [0.29, 0.717) is 11.8 Å². The normalized spacial score (nSPS) is 27.6. The van der Waals surface area contributed by atoms with E-state index in [1.54, 1.807) is 13.8 Å². The predicted molar refractivity (Wildman–Crippen MR) is 64.7 cm³/mol. The minimum absolute atomic E-state index is 0.0683. The Balaban J connectivity index is 1.87. The van der Waals surface area contributed by atoms with Gasteiger partial charge in [-0.2, -0.15) is 0 Å². The summed E-state index contributed by atoms with van der Waals surface area (Å²) in [7, 11) is 0. The first-order valence-electron chi connectivity index (χ1n) is 6.71. The molecule has 3 aliphatic rings. The number of nitrogens with one attached hydrogen (secondary N) is 1. The summed E-state index contributed by atoms with van der Waals surface area (Å²) in [6.07, 6.45) is 4.11. The molecule has 0 spiro atoms. The van der Waals surface area contributed by atoms with Gasteiger partial charge < -0.3 is 10.4 Å². The molecular formula is C13H20N2O3. The van der Waals surface area contributed by atoms with Crippen molar-refractivity contribution >= 4 is 11.9 Å². The molecule has 0 aromatic carbocycles. The Kier molecular flexibility index (Phi) is 2.31. The number of β-amino-alcohol motifs (C(OH)–C–C–N with tert-alkyl or cyclic N) is 1. The van der Waals surface area contributed by atoms with Crippen LogP contribution in [0.5, 0.6) is 0 Å². The second-order valence-electron chi connectivity index (χ2n) is 6.55. The lowest BCUT2D eigenvalue weighted by Gasteiger charge is -2.28. The second-order valence-corrected chi connectivity index (χ2v) is 6.55. The highest BCUT2D eigenvalue weighted by Gasteiger charge is 2.65. The van der Waals surface area contributed by atoms with Crippen LogP contribution in [0.2, 0.25) is 0 Å². The van der Waals surface area contributed by atoms with E-state index in [1.807, 2.05) is 0 Å². The molecule has 0 unspecified atom stereocenters. The Morgan fingerprint density at radius 3 is 2.17 bits per heavy atom. The summed E-state index contributed by atoms with van der Waals surface area (Å²) in [5.74, 6) is 0.515. The molecule has 18 heavy (non-hydrogen) atoms. The third kappa shape index (κ3) is 1.72. The summed E-state index contributed by atoms with van der Waals surface area (Å²) in [5.41, 5.74) is -1.68. The zero-order chi connectivity index (χ0) is 13.1. The number of hydrogen-bond donors (Lipinski definition) is 2. The largest absolute Gasteiger partial charge is 0.389 e. The molecule has 3 rings (SSSR count). The molecule has 0 aromatic heterocycles. The molecule has 0 aromatic rings. The maximum atomic E-state index is 12.6. The monoisotopic (exact) mass is 252 g/mol. The molecule has 0 bridgehead atoms. The van der Waals surface area contributed by atoms with Gasteiger partial charge in [0.05, 0.1) is 12.1 Å². The summed E-state index contributed by atoms with van der Waals surface area (Å²) < 4.78 is 0. The van der Waals surface area contributed by atoms with Gasteiger partial charge in [-0.15, -0.1) is 0 Å². The van der Waals surface area contributed by atoms with Crippen LogP contribution >= 0.6 is 0 Å². The van der Waals surface area contributed by atoms with Crippen LogP contribution < -0.4 is 5.32 Å². The van der Waals surface area contributed by atoms with Crippen molar-refractivity contribution in [3.63, 3.8) is 0 Å². The molecule has 2 saturated carbocycles. The molecule has 1 saturated heterocycles. The lowest BCUT2D eigenvalue weighted by Crippen LogP contribution is -2.52. The van der Waals surface area contributed by atoms with Gasteiger partial charge in [0.25, 0.3) is 5.91 Å².